The first-order valence-corrected chi connectivity index (χ1v) is 9.08. The summed E-state index contributed by atoms with van der Waals surface area (Å²) in [4.78, 5) is 27.3. The summed E-state index contributed by atoms with van der Waals surface area (Å²) in [5, 5.41) is 3.94. The van der Waals surface area contributed by atoms with Crippen LogP contribution in [0.25, 0.3) is 0 Å². The Balaban J connectivity index is 1.53. The molecule has 1 aliphatic heterocycles. The second-order valence-corrected chi connectivity index (χ2v) is 6.75. The van der Waals surface area contributed by atoms with Gasteiger partial charge in [0.25, 0.3) is 0 Å². The number of hydrogen-bond acceptors (Lipinski definition) is 7. The van der Waals surface area contributed by atoms with Crippen LogP contribution in [0.2, 0.25) is 0 Å². The molecule has 8 heteroatoms. The number of nitrogens with zero attached hydrogens (tertiary/aromatic N) is 5. The number of carbonyl (C=O) groups is 1. The molecular formula is C18H25N5O3. The second kappa shape index (κ2) is 8.84. The van der Waals surface area contributed by atoms with Crippen LogP contribution in [0, 0.1) is 0 Å². The van der Waals surface area contributed by atoms with E-state index in [4.69, 9.17) is 9.26 Å². The lowest BCUT2D eigenvalue weighted by Gasteiger charge is -2.35. The fraction of sp³-hybridized carbons (Fsp3) is 0.611. The first-order valence-electron chi connectivity index (χ1n) is 9.08. The highest BCUT2D eigenvalue weighted by molar-refractivity contribution is 5.76. The highest BCUT2D eigenvalue weighted by atomic mass is 16.5. The lowest BCUT2D eigenvalue weighted by atomic mass is 10.1. The molecule has 1 amide bonds. The van der Waals surface area contributed by atoms with Crippen LogP contribution in [0.1, 0.15) is 50.0 Å². The van der Waals surface area contributed by atoms with Gasteiger partial charge in [-0.15, -0.1) is 0 Å². The van der Waals surface area contributed by atoms with Gasteiger partial charge in [0.05, 0.1) is 24.9 Å². The topological polar surface area (TPSA) is 94.2 Å². The first kappa shape index (κ1) is 18.4. The van der Waals surface area contributed by atoms with Crippen molar-refractivity contribution in [2.45, 2.75) is 51.5 Å². The Morgan fingerprint density at radius 3 is 2.96 bits per heavy atom. The predicted octanol–water partition coefficient (Wildman–Crippen LogP) is 1.78. The van der Waals surface area contributed by atoms with Gasteiger partial charge in [-0.1, -0.05) is 19.0 Å². The smallest absolute Gasteiger partial charge is 0.227 e. The second-order valence-electron chi connectivity index (χ2n) is 6.75. The number of aromatic nitrogens is 4. The molecule has 26 heavy (non-hydrogen) atoms. The monoisotopic (exact) mass is 359 g/mol. The van der Waals surface area contributed by atoms with Crippen LogP contribution >= 0.6 is 0 Å². The Kier molecular flexibility index (Phi) is 6.27. The molecule has 1 atom stereocenters. The maximum Gasteiger partial charge on any atom is 0.227 e. The standard InChI is InChI=1S/C18H25N5O3/c1-13(2)18-21-16(26-22-18)5-6-17(24)23-9-10-25-12-15(23)4-3-14-11-19-7-8-20-14/h7-8,11,13,15H,3-6,9-10,12H2,1-2H3/t15-/m1/s1. The maximum atomic E-state index is 12.7. The van der Waals surface area contributed by atoms with E-state index < -0.39 is 0 Å². The Morgan fingerprint density at radius 1 is 1.35 bits per heavy atom. The third-order valence-electron chi connectivity index (χ3n) is 4.45. The van der Waals surface area contributed by atoms with Gasteiger partial charge in [-0.25, -0.2) is 0 Å². The van der Waals surface area contributed by atoms with Gasteiger partial charge >= 0.3 is 0 Å². The number of morpholine rings is 1. The van der Waals surface area contributed by atoms with Crippen LogP contribution in [-0.4, -0.2) is 56.7 Å². The molecule has 2 aromatic rings. The minimum atomic E-state index is 0.0622. The van der Waals surface area contributed by atoms with E-state index in [0.717, 1.165) is 18.5 Å². The van der Waals surface area contributed by atoms with Crippen molar-refractivity contribution >= 4 is 5.91 Å². The third-order valence-corrected chi connectivity index (χ3v) is 4.45. The van der Waals surface area contributed by atoms with Gasteiger partial charge in [-0.2, -0.15) is 4.98 Å². The molecule has 0 N–H and O–H groups in total. The summed E-state index contributed by atoms with van der Waals surface area (Å²) in [7, 11) is 0. The minimum absolute atomic E-state index is 0.0622. The SMILES string of the molecule is CC(C)c1noc(CCC(=O)N2CCOC[C@H]2CCc2cnccn2)n1. The lowest BCUT2D eigenvalue weighted by molar-refractivity contribution is -0.140. The normalized spacial score (nSPS) is 17.7. The van der Waals surface area contributed by atoms with Crippen LogP contribution in [0.4, 0.5) is 0 Å². The number of hydrogen-bond donors (Lipinski definition) is 0. The van der Waals surface area contributed by atoms with Crippen LogP contribution in [0.3, 0.4) is 0 Å². The van der Waals surface area contributed by atoms with E-state index in [2.05, 4.69) is 20.1 Å². The molecule has 0 aliphatic carbocycles. The number of aryl methyl sites for hydroxylation is 2. The molecule has 1 fully saturated rings. The van der Waals surface area contributed by atoms with Gasteiger partial charge in [0, 0.05) is 43.9 Å². The van der Waals surface area contributed by atoms with Gasteiger partial charge in [-0.05, 0) is 12.8 Å². The molecular weight excluding hydrogens is 334 g/mol. The first-order chi connectivity index (χ1) is 12.6. The van der Waals surface area contributed by atoms with E-state index in [9.17, 15) is 4.79 Å². The molecule has 3 rings (SSSR count). The molecule has 0 aromatic carbocycles. The highest BCUT2D eigenvalue weighted by Gasteiger charge is 2.27. The minimum Gasteiger partial charge on any atom is -0.377 e. The van der Waals surface area contributed by atoms with E-state index in [1.807, 2.05) is 18.7 Å². The summed E-state index contributed by atoms with van der Waals surface area (Å²) in [6.45, 7) is 5.77. The van der Waals surface area contributed by atoms with E-state index in [1.165, 1.54) is 0 Å². The fourth-order valence-corrected chi connectivity index (χ4v) is 2.96. The van der Waals surface area contributed by atoms with Gasteiger partial charge in [0.15, 0.2) is 5.82 Å². The third kappa shape index (κ3) is 4.85. The Hall–Kier alpha value is -2.35. The van der Waals surface area contributed by atoms with Crippen molar-refractivity contribution < 1.29 is 14.1 Å². The summed E-state index contributed by atoms with van der Waals surface area (Å²) in [5.41, 5.74) is 0.928. The van der Waals surface area contributed by atoms with Crippen molar-refractivity contribution in [3.05, 3.63) is 36.0 Å². The van der Waals surface area contributed by atoms with Crippen molar-refractivity contribution in [1.29, 1.82) is 0 Å². The van der Waals surface area contributed by atoms with Gasteiger partial charge in [0.2, 0.25) is 11.8 Å². The van der Waals surface area contributed by atoms with Crippen LogP contribution in [0.5, 0.6) is 0 Å². The van der Waals surface area contributed by atoms with Crippen molar-refractivity contribution in [3.8, 4) is 0 Å². The van der Waals surface area contributed by atoms with Crippen molar-refractivity contribution in [2.75, 3.05) is 19.8 Å². The maximum absolute atomic E-state index is 12.7. The molecule has 1 saturated heterocycles. The van der Waals surface area contributed by atoms with Crippen molar-refractivity contribution in [3.63, 3.8) is 0 Å². The summed E-state index contributed by atoms with van der Waals surface area (Å²) < 4.78 is 10.8. The molecule has 0 bridgehead atoms. The highest BCUT2D eigenvalue weighted by Crippen LogP contribution is 2.16. The molecule has 140 valence electrons. The molecule has 2 aromatic heterocycles. The molecule has 1 aliphatic rings. The quantitative estimate of drug-likeness (QED) is 0.743. The Labute approximate surface area is 153 Å². The molecule has 0 radical (unpaired) electrons. The zero-order chi connectivity index (χ0) is 18.4. The largest absolute Gasteiger partial charge is 0.377 e. The Morgan fingerprint density at radius 2 is 2.23 bits per heavy atom. The van der Waals surface area contributed by atoms with Gasteiger partial charge in [-0.3, -0.25) is 14.8 Å². The number of amides is 1. The van der Waals surface area contributed by atoms with Crippen molar-refractivity contribution in [1.82, 2.24) is 25.0 Å². The zero-order valence-corrected chi connectivity index (χ0v) is 15.3. The average molecular weight is 359 g/mol. The summed E-state index contributed by atoms with van der Waals surface area (Å²) in [6, 6.07) is 0.0622. The van der Waals surface area contributed by atoms with Crippen molar-refractivity contribution in [2.24, 2.45) is 0 Å². The van der Waals surface area contributed by atoms with E-state index in [-0.39, 0.29) is 17.9 Å². The average Bonchev–Trinajstić information content (AvgIpc) is 3.15. The molecule has 0 spiro atoms. The van der Waals surface area contributed by atoms with Crippen LogP contribution in [0.15, 0.2) is 23.1 Å². The predicted molar refractivity (Wildman–Crippen MR) is 93.4 cm³/mol. The number of carbonyl (C=O) groups excluding carboxylic acids is 1. The van der Waals surface area contributed by atoms with Gasteiger partial charge in [0.1, 0.15) is 0 Å². The van der Waals surface area contributed by atoms with E-state index in [1.54, 1.807) is 18.6 Å². The van der Waals surface area contributed by atoms with Gasteiger partial charge < -0.3 is 14.2 Å². The summed E-state index contributed by atoms with van der Waals surface area (Å²) in [5.74, 6) is 1.52. The van der Waals surface area contributed by atoms with E-state index >= 15 is 0 Å². The number of rotatable bonds is 7. The van der Waals surface area contributed by atoms with Crippen LogP contribution < -0.4 is 0 Å². The summed E-state index contributed by atoms with van der Waals surface area (Å²) in [6.07, 6.45) is 7.51. The van der Waals surface area contributed by atoms with E-state index in [0.29, 0.717) is 44.3 Å². The molecule has 3 heterocycles. The van der Waals surface area contributed by atoms with Crippen LogP contribution in [-0.2, 0) is 22.4 Å². The molecule has 0 saturated carbocycles. The summed E-state index contributed by atoms with van der Waals surface area (Å²) >= 11 is 0. The fourth-order valence-electron chi connectivity index (χ4n) is 2.96. The molecule has 0 unspecified atom stereocenters. The Bertz CT molecular complexity index is 704. The number of ether oxygens (including phenoxy) is 1. The zero-order valence-electron chi connectivity index (χ0n) is 15.3. The lowest BCUT2D eigenvalue weighted by Crippen LogP contribution is -2.49. The molecule has 8 nitrogen and oxygen atoms in total.